The van der Waals surface area contributed by atoms with Crippen LogP contribution in [0.25, 0.3) is 0 Å². The van der Waals surface area contributed by atoms with Gasteiger partial charge in [0.15, 0.2) is 0 Å². The number of carboxylic acid groups (broad SMARTS) is 1. The minimum Gasteiger partial charge on any atom is -0.481 e. The van der Waals surface area contributed by atoms with E-state index in [1.165, 1.54) is 12.1 Å². The lowest BCUT2D eigenvalue weighted by Gasteiger charge is -2.11. The zero-order chi connectivity index (χ0) is 13.9. The van der Waals surface area contributed by atoms with Crippen LogP contribution in [0, 0.1) is 0 Å². The van der Waals surface area contributed by atoms with Crippen LogP contribution in [0.3, 0.4) is 0 Å². The standard InChI is InChI=1S/C11H12F2O4S/c1-2-9(10(14)15)7-4-3-5-8(6-7)18(16,17)11(12)13/h3-6,9,11H,2H2,1H3,(H,14,15). The molecular weight excluding hydrogens is 266 g/mol. The molecule has 1 aromatic rings. The molecule has 1 N–H and O–H groups in total. The van der Waals surface area contributed by atoms with E-state index in [-0.39, 0.29) is 12.0 Å². The minimum absolute atomic E-state index is 0.201. The highest BCUT2D eigenvalue weighted by Crippen LogP contribution is 2.25. The molecule has 1 atom stereocenters. The number of halogens is 2. The van der Waals surface area contributed by atoms with Gasteiger partial charge >= 0.3 is 11.7 Å². The summed E-state index contributed by atoms with van der Waals surface area (Å²) in [6, 6.07) is 4.69. The molecule has 7 heteroatoms. The van der Waals surface area contributed by atoms with Gasteiger partial charge in [0.2, 0.25) is 9.84 Å². The molecule has 0 heterocycles. The molecule has 18 heavy (non-hydrogen) atoms. The zero-order valence-corrected chi connectivity index (χ0v) is 10.3. The molecule has 100 valence electrons. The van der Waals surface area contributed by atoms with E-state index in [0.717, 1.165) is 12.1 Å². The van der Waals surface area contributed by atoms with Crippen LogP contribution in [-0.4, -0.2) is 25.3 Å². The van der Waals surface area contributed by atoms with E-state index in [1.807, 2.05) is 0 Å². The van der Waals surface area contributed by atoms with E-state index < -0.39 is 32.4 Å². The van der Waals surface area contributed by atoms with Crippen molar-refractivity contribution in [2.45, 2.75) is 29.9 Å². The highest BCUT2D eigenvalue weighted by atomic mass is 32.2. The summed E-state index contributed by atoms with van der Waals surface area (Å²) in [6.45, 7) is 1.62. The third-order valence-corrected chi connectivity index (χ3v) is 3.91. The third-order valence-electron chi connectivity index (χ3n) is 2.53. The molecular formula is C11H12F2O4S. The predicted molar refractivity (Wildman–Crippen MR) is 60.3 cm³/mol. The molecule has 1 aromatic carbocycles. The monoisotopic (exact) mass is 278 g/mol. The fourth-order valence-electron chi connectivity index (χ4n) is 1.56. The number of rotatable bonds is 5. The second-order valence-electron chi connectivity index (χ2n) is 3.68. The van der Waals surface area contributed by atoms with Gasteiger partial charge in [-0.1, -0.05) is 19.1 Å². The van der Waals surface area contributed by atoms with Gasteiger partial charge in [-0.15, -0.1) is 0 Å². The molecule has 0 spiro atoms. The summed E-state index contributed by atoms with van der Waals surface area (Å²) in [5.74, 6) is -5.54. The third kappa shape index (κ3) is 2.84. The van der Waals surface area contributed by atoms with Gasteiger partial charge in [-0.2, -0.15) is 8.78 Å². The van der Waals surface area contributed by atoms with Gasteiger partial charge < -0.3 is 5.11 Å². The number of aliphatic carboxylic acids is 1. The van der Waals surface area contributed by atoms with E-state index in [4.69, 9.17) is 5.11 Å². The summed E-state index contributed by atoms with van der Waals surface area (Å²) in [5, 5.41) is 8.93. The summed E-state index contributed by atoms with van der Waals surface area (Å²) in [6.07, 6.45) is 0.244. The topological polar surface area (TPSA) is 71.4 Å². The van der Waals surface area contributed by atoms with Gasteiger partial charge in [-0.3, -0.25) is 4.79 Å². The molecule has 0 aromatic heterocycles. The van der Waals surface area contributed by atoms with Crippen molar-refractivity contribution in [3.8, 4) is 0 Å². The van der Waals surface area contributed by atoms with Crippen LogP contribution in [0.1, 0.15) is 24.8 Å². The molecule has 0 aliphatic carbocycles. The van der Waals surface area contributed by atoms with Crippen LogP contribution < -0.4 is 0 Å². The van der Waals surface area contributed by atoms with Gasteiger partial charge in [0.1, 0.15) is 0 Å². The molecule has 1 rings (SSSR count). The van der Waals surface area contributed by atoms with E-state index in [2.05, 4.69) is 0 Å². The molecule has 0 saturated heterocycles. The highest BCUT2D eigenvalue weighted by Gasteiger charge is 2.28. The van der Waals surface area contributed by atoms with Crippen molar-refractivity contribution >= 4 is 15.8 Å². The van der Waals surface area contributed by atoms with Crippen molar-refractivity contribution in [1.29, 1.82) is 0 Å². The summed E-state index contributed by atoms with van der Waals surface area (Å²) in [4.78, 5) is 10.4. The lowest BCUT2D eigenvalue weighted by atomic mass is 9.97. The number of hydrogen-bond donors (Lipinski definition) is 1. The lowest BCUT2D eigenvalue weighted by molar-refractivity contribution is -0.138. The van der Waals surface area contributed by atoms with Gasteiger partial charge in [0, 0.05) is 0 Å². The van der Waals surface area contributed by atoms with Crippen molar-refractivity contribution in [3.05, 3.63) is 29.8 Å². The van der Waals surface area contributed by atoms with E-state index in [0.29, 0.717) is 0 Å². The SMILES string of the molecule is CCC(C(=O)O)c1cccc(S(=O)(=O)C(F)F)c1. The first kappa shape index (κ1) is 14.6. The lowest BCUT2D eigenvalue weighted by Crippen LogP contribution is -2.14. The average molecular weight is 278 g/mol. The summed E-state index contributed by atoms with van der Waals surface area (Å²) in [5.41, 5.74) is 0.201. The molecule has 0 fully saturated rings. The molecule has 0 radical (unpaired) electrons. The maximum absolute atomic E-state index is 12.4. The van der Waals surface area contributed by atoms with Gasteiger partial charge in [0.05, 0.1) is 10.8 Å². The van der Waals surface area contributed by atoms with E-state index in [9.17, 15) is 22.0 Å². The smallest absolute Gasteiger partial charge is 0.341 e. The van der Waals surface area contributed by atoms with Crippen LogP contribution in [0.5, 0.6) is 0 Å². The Morgan fingerprint density at radius 1 is 1.39 bits per heavy atom. The molecule has 0 bridgehead atoms. The maximum atomic E-state index is 12.4. The predicted octanol–water partition coefficient (Wildman–Crippen LogP) is 2.26. The van der Waals surface area contributed by atoms with E-state index in [1.54, 1.807) is 6.92 Å². The fourth-order valence-corrected chi connectivity index (χ4v) is 2.34. The van der Waals surface area contributed by atoms with Crippen molar-refractivity contribution in [2.75, 3.05) is 0 Å². The van der Waals surface area contributed by atoms with Crippen molar-refractivity contribution in [3.63, 3.8) is 0 Å². The average Bonchev–Trinajstić information content (AvgIpc) is 2.29. The summed E-state index contributed by atoms with van der Waals surface area (Å²) >= 11 is 0. The Kier molecular flexibility index (Phi) is 4.39. The Morgan fingerprint density at radius 3 is 2.44 bits per heavy atom. The van der Waals surface area contributed by atoms with Crippen LogP contribution in [0.15, 0.2) is 29.2 Å². The first-order chi connectivity index (χ1) is 8.30. The van der Waals surface area contributed by atoms with Crippen LogP contribution >= 0.6 is 0 Å². The number of hydrogen-bond acceptors (Lipinski definition) is 3. The number of benzene rings is 1. The second kappa shape index (κ2) is 5.43. The van der Waals surface area contributed by atoms with Crippen LogP contribution in [-0.2, 0) is 14.6 Å². The molecule has 0 saturated carbocycles. The highest BCUT2D eigenvalue weighted by molar-refractivity contribution is 7.91. The molecule has 0 aliphatic rings. The fraction of sp³-hybridized carbons (Fsp3) is 0.364. The number of sulfone groups is 1. The van der Waals surface area contributed by atoms with Crippen LogP contribution in [0.2, 0.25) is 0 Å². The summed E-state index contributed by atoms with van der Waals surface area (Å²) < 4.78 is 47.3. The number of carbonyl (C=O) groups is 1. The number of carboxylic acids is 1. The van der Waals surface area contributed by atoms with Crippen molar-refractivity contribution in [2.24, 2.45) is 0 Å². The maximum Gasteiger partial charge on any atom is 0.341 e. The Morgan fingerprint density at radius 2 is 2.00 bits per heavy atom. The second-order valence-corrected chi connectivity index (χ2v) is 5.59. The Balaban J connectivity index is 3.26. The van der Waals surface area contributed by atoms with Gasteiger partial charge in [-0.25, -0.2) is 8.42 Å². The quantitative estimate of drug-likeness (QED) is 0.896. The first-order valence-electron chi connectivity index (χ1n) is 5.15. The molecule has 0 aliphatic heterocycles. The normalized spacial score (nSPS) is 13.6. The van der Waals surface area contributed by atoms with Gasteiger partial charge in [0.25, 0.3) is 0 Å². The van der Waals surface area contributed by atoms with E-state index >= 15 is 0 Å². The molecule has 1 unspecified atom stereocenters. The first-order valence-corrected chi connectivity index (χ1v) is 6.70. The Hall–Kier alpha value is -1.50. The van der Waals surface area contributed by atoms with Crippen LogP contribution in [0.4, 0.5) is 8.78 Å². The minimum atomic E-state index is -4.69. The Bertz CT molecular complexity index is 540. The van der Waals surface area contributed by atoms with Crippen molar-refractivity contribution in [1.82, 2.24) is 0 Å². The zero-order valence-electron chi connectivity index (χ0n) is 9.51. The van der Waals surface area contributed by atoms with Crippen molar-refractivity contribution < 1.29 is 27.1 Å². The molecule has 4 nitrogen and oxygen atoms in total. The number of alkyl halides is 2. The largest absolute Gasteiger partial charge is 0.481 e. The molecule has 0 amide bonds. The summed E-state index contributed by atoms with van der Waals surface area (Å²) in [7, 11) is -4.69. The van der Waals surface area contributed by atoms with Gasteiger partial charge in [-0.05, 0) is 24.1 Å². The Labute approximate surface area is 103 Å².